The van der Waals surface area contributed by atoms with Crippen molar-refractivity contribution >= 4 is 5.97 Å². The van der Waals surface area contributed by atoms with Gasteiger partial charge in [-0.3, -0.25) is 0 Å². The number of benzene rings is 1. The van der Waals surface area contributed by atoms with Crippen LogP contribution in [-0.4, -0.2) is 18.2 Å². The van der Waals surface area contributed by atoms with E-state index in [0.29, 0.717) is 5.56 Å². The molecular formula is C11H12O3. The summed E-state index contributed by atoms with van der Waals surface area (Å²) in [6.45, 7) is 0. The van der Waals surface area contributed by atoms with Gasteiger partial charge in [-0.2, -0.15) is 0 Å². The van der Waals surface area contributed by atoms with Crippen LogP contribution in [0.15, 0.2) is 24.3 Å². The van der Waals surface area contributed by atoms with Crippen LogP contribution in [0.4, 0.5) is 0 Å². The van der Waals surface area contributed by atoms with Gasteiger partial charge >= 0.3 is 5.97 Å². The zero-order chi connectivity index (χ0) is 10.2. The van der Waals surface area contributed by atoms with Gasteiger partial charge in [-0.15, -0.1) is 0 Å². The fraction of sp³-hybridized carbons (Fsp3) is 0.364. The van der Waals surface area contributed by atoms with E-state index in [0.717, 1.165) is 18.4 Å². The lowest BCUT2D eigenvalue weighted by atomic mass is 10.0. The van der Waals surface area contributed by atoms with E-state index >= 15 is 0 Å². The van der Waals surface area contributed by atoms with Crippen LogP contribution in [0.5, 0.6) is 0 Å². The van der Waals surface area contributed by atoms with Crippen LogP contribution in [0, 0.1) is 0 Å². The Kier molecular flexibility index (Phi) is 2.04. The highest BCUT2D eigenvalue weighted by atomic mass is 16.5. The number of aliphatic hydroxyl groups is 1. The van der Waals surface area contributed by atoms with Gasteiger partial charge in [-0.05, 0) is 30.5 Å². The summed E-state index contributed by atoms with van der Waals surface area (Å²) < 4.78 is 4.60. The lowest BCUT2D eigenvalue weighted by Crippen LogP contribution is -2.07. The van der Waals surface area contributed by atoms with E-state index in [9.17, 15) is 9.90 Å². The lowest BCUT2D eigenvalue weighted by Gasteiger charge is -2.08. The molecule has 0 spiro atoms. The van der Waals surface area contributed by atoms with Crippen LogP contribution in [0.2, 0.25) is 0 Å². The summed E-state index contributed by atoms with van der Waals surface area (Å²) >= 11 is 0. The van der Waals surface area contributed by atoms with Crippen LogP contribution >= 0.6 is 0 Å². The van der Waals surface area contributed by atoms with Crippen LogP contribution in [0.1, 0.15) is 28.8 Å². The van der Waals surface area contributed by atoms with Gasteiger partial charge in [0.1, 0.15) is 0 Å². The molecule has 1 aliphatic carbocycles. The van der Waals surface area contributed by atoms with E-state index in [2.05, 4.69) is 4.74 Å². The first kappa shape index (κ1) is 9.21. The van der Waals surface area contributed by atoms with Gasteiger partial charge in [-0.25, -0.2) is 4.79 Å². The number of ether oxygens (including phenoxy) is 1. The lowest BCUT2D eigenvalue weighted by molar-refractivity contribution is 0.0600. The molecule has 1 aromatic rings. The van der Waals surface area contributed by atoms with Crippen molar-refractivity contribution in [2.24, 2.45) is 0 Å². The maximum absolute atomic E-state index is 11.2. The normalized spacial score (nSPS) is 17.6. The minimum atomic E-state index is -0.690. The first-order valence-electron chi connectivity index (χ1n) is 4.57. The second kappa shape index (κ2) is 3.10. The van der Waals surface area contributed by atoms with E-state index in [1.807, 2.05) is 6.07 Å². The zero-order valence-electron chi connectivity index (χ0n) is 7.99. The summed E-state index contributed by atoms with van der Waals surface area (Å²) in [5.74, 6) is -0.365. The van der Waals surface area contributed by atoms with Gasteiger partial charge in [0.15, 0.2) is 0 Å². The highest BCUT2D eigenvalue weighted by molar-refractivity contribution is 5.89. The Bertz CT molecular complexity index is 367. The molecule has 0 heterocycles. The van der Waals surface area contributed by atoms with E-state index in [4.69, 9.17) is 0 Å². The number of rotatable bonds is 2. The van der Waals surface area contributed by atoms with Crippen LogP contribution < -0.4 is 0 Å². The number of carbonyl (C=O) groups excluding carboxylic acids is 1. The molecule has 0 atom stereocenters. The highest BCUT2D eigenvalue weighted by Gasteiger charge is 2.42. The standard InChI is InChI=1S/C11H12O3/c1-14-10(12)8-3-2-4-9(7-8)11(13)5-6-11/h2-4,7,13H,5-6H2,1H3. The van der Waals surface area contributed by atoms with E-state index < -0.39 is 5.60 Å². The number of hydrogen-bond donors (Lipinski definition) is 1. The van der Waals surface area contributed by atoms with E-state index in [1.54, 1.807) is 18.2 Å². The van der Waals surface area contributed by atoms with Gasteiger partial charge in [0, 0.05) is 0 Å². The molecule has 0 aromatic heterocycles. The first-order chi connectivity index (χ1) is 6.65. The molecule has 74 valence electrons. The number of esters is 1. The van der Waals surface area contributed by atoms with Gasteiger partial charge in [-0.1, -0.05) is 12.1 Å². The maximum atomic E-state index is 11.2. The molecule has 0 amide bonds. The highest BCUT2D eigenvalue weighted by Crippen LogP contribution is 2.45. The number of hydrogen-bond acceptors (Lipinski definition) is 3. The summed E-state index contributed by atoms with van der Waals surface area (Å²) in [7, 11) is 1.35. The van der Waals surface area contributed by atoms with Crippen molar-refractivity contribution in [2.75, 3.05) is 7.11 Å². The average Bonchev–Trinajstić information content (AvgIpc) is 2.97. The minimum Gasteiger partial charge on any atom is -0.465 e. The molecule has 1 fully saturated rings. The van der Waals surface area contributed by atoms with E-state index in [1.165, 1.54) is 7.11 Å². The van der Waals surface area contributed by atoms with Crippen molar-refractivity contribution in [2.45, 2.75) is 18.4 Å². The van der Waals surface area contributed by atoms with Crippen LogP contribution in [0.25, 0.3) is 0 Å². The Morgan fingerprint density at radius 3 is 2.79 bits per heavy atom. The largest absolute Gasteiger partial charge is 0.465 e. The van der Waals surface area contributed by atoms with E-state index in [-0.39, 0.29) is 5.97 Å². The van der Waals surface area contributed by atoms with Gasteiger partial charge in [0.05, 0.1) is 18.3 Å². The predicted molar refractivity (Wildman–Crippen MR) is 50.9 cm³/mol. The quantitative estimate of drug-likeness (QED) is 0.721. The second-order valence-electron chi connectivity index (χ2n) is 3.60. The molecule has 1 aromatic carbocycles. The summed E-state index contributed by atoms with van der Waals surface area (Å²) in [5.41, 5.74) is 0.607. The molecule has 0 unspecified atom stereocenters. The number of methoxy groups -OCH3 is 1. The number of carbonyl (C=O) groups is 1. The molecule has 0 bridgehead atoms. The molecule has 0 saturated heterocycles. The molecule has 0 radical (unpaired) electrons. The smallest absolute Gasteiger partial charge is 0.337 e. The van der Waals surface area contributed by atoms with Crippen molar-refractivity contribution in [3.63, 3.8) is 0 Å². The maximum Gasteiger partial charge on any atom is 0.337 e. The molecule has 3 nitrogen and oxygen atoms in total. The second-order valence-corrected chi connectivity index (χ2v) is 3.60. The average molecular weight is 192 g/mol. The van der Waals surface area contributed by atoms with Crippen molar-refractivity contribution in [1.82, 2.24) is 0 Å². The molecule has 2 rings (SSSR count). The SMILES string of the molecule is COC(=O)c1cccc(C2(O)CC2)c1. The zero-order valence-corrected chi connectivity index (χ0v) is 7.99. The predicted octanol–water partition coefficient (Wildman–Crippen LogP) is 1.45. The van der Waals surface area contributed by atoms with Gasteiger partial charge in [0.25, 0.3) is 0 Å². The molecule has 0 aliphatic heterocycles. The van der Waals surface area contributed by atoms with Gasteiger partial charge < -0.3 is 9.84 Å². The third kappa shape index (κ3) is 1.51. The summed E-state index contributed by atoms with van der Waals surface area (Å²) in [6.07, 6.45) is 1.55. The molecule has 1 aliphatic rings. The molecule has 1 N–H and O–H groups in total. The fourth-order valence-electron chi connectivity index (χ4n) is 1.46. The first-order valence-corrected chi connectivity index (χ1v) is 4.57. The molecule has 14 heavy (non-hydrogen) atoms. The van der Waals surface area contributed by atoms with Crippen molar-refractivity contribution in [3.8, 4) is 0 Å². The minimum absolute atomic E-state index is 0.365. The molecular weight excluding hydrogens is 180 g/mol. The molecule has 3 heteroatoms. The summed E-state index contributed by atoms with van der Waals surface area (Å²) in [6, 6.07) is 6.97. The van der Waals surface area contributed by atoms with Gasteiger partial charge in [0.2, 0.25) is 0 Å². The molecule has 1 saturated carbocycles. The van der Waals surface area contributed by atoms with Crippen LogP contribution in [0.3, 0.4) is 0 Å². The van der Waals surface area contributed by atoms with Crippen molar-refractivity contribution < 1.29 is 14.6 Å². The third-order valence-corrected chi connectivity index (χ3v) is 2.54. The van der Waals surface area contributed by atoms with Crippen molar-refractivity contribution in [1.29, 1.82) is 0 Å². The summed E-state index contributed by atoms with van der Waals surface area (Å²) in [5, 5.41) is 9.83. The third-order valence-electron chi connectivity index (χ3n) is 2.54. The Balaban J connectivity index is 2.32. The summed E-state index contributed by atoms with van der Waals surface area (Å²) in [4.78, 5) is 11.2. The Labute approximate surface area is 82.3 Å². The topological polar surface area (TPSA) is 46.5 Å². The van der Waals surface area contributed by atoms with Crippen LogP contribution in [-0.2, 0) is 10.3 Å². The Hall–Kier alpha value is -1.35. The monoisotopic (exact) mass is 192 g/mol. The Morgan fingerprint density at radius 1 is 1.50 bits per heavy atom. The fourth-order valence-corrected chi connectivity index (χ4v) is 1.46. The van der Waals surface area contributed by atoms with Crippen molar-refractivity contribution in [3.05, 3.63) is 35.4 Å². The Morgan fingerprint density at radius 2 is 2.21 bits per heavy atom.